The van der Waals surface area contributed by atoms with Crippen molar-refractivity contribution < 1.29 is 24.2 Å². The van der Waals surface area contributed by atoms with Crippen LogP contribution < -0.4 is 0 Å². The topological polar surface area (TPSA) is 99.5 Å². The zero-order valence-electron chi connectivity index (χ0n) is 12.1. The molecule has 2 amide bonds. The number of methoxy groups -OCH3 is 1. The van der Waals surface area contributed by atoms with Crippen LogP contribution in [0.3, 0.4) is 0 Å². The fourth-order valence-electron chi connectivity index (χ4n) is 2.68. The Kier molecular flexibility index (Phi) is 4.56. The number of hydrazone groups is 1. The van der Waals surface area contributed by atoms with Crippen molar-refractivity contribution in [2.75, 3.05) is 20.7 Å². The Labute approximate surface area is 122 Å². The maximum atomic E-state index is 12.5. The van der Waals surface area contributed by atoms with Crippen LogP contribution in [-0.4, -0.2) is 71.4 Å². The van der Waals surface area contributed by atoms with E-state index in [1.165, 1.54) is 11.9 Å². The van der Waals surface area contributed by atoms with Crippen LogP contribution in [0, 0.1) is 0 Å². The van der Waals surface area contributed by atoms with Crippen LogP contribution in [0.2, 0.25) is 0 Å². The first-order valence-electron chi connectivity index (χ1n) is 6.82. The van der Waals surface area contributed by atoms with E-state index in [1.54, 1.807) is 7.11 Å². The van der Waals surface area contributed by atoms with Gasteiger partial charge in [-0.05, 0) is 6.42 Å². The van der Waals surface area contributed by atoms with Crippen molar-refractivity contribution in [2.45, 2.75) is 37.8 Å². The molecule has 0 bridgehead atoms. The van der Waals surface area contributed by atoms with Crippen LogP contribution in [0.4, 0.5) is 0 Å². The summed E-state index contributed by atoms with van der Waals surface area (Å²) in [5.74, 6) is -1.39. The lowest BCUT2D eigenvalue weighted by molar-refractivity contribution is -0.138. The van der Waals surface area contributed by atoms with Gasteiger partial charge >= 0.3 is 5.97 Å². The molecule has 0 aromatic rings. The van der Waals surface area contributed by atoms with E-state index in [2.05, 4.69) is 5.10 Å². The average Bonchev–Trinajstić information content (AvgIpc) is 2.83. The molecule has 0 radical (unpaired) electrons. The van der Waals surface area contributed by atoms with Crippen LogP contribution in [0.25, 0.3) is 0 Å². The van der Waals surface area contributed by atoms with Gasteiger partial charge in [-0.1, -0.05) is 0 Å². The van der Waals surface area contributed by atoms with E-state index in [4.69, 9.17) is 9.84 Å². The second-order valence-corrected chi connectivity index (χ2v) is 5.27. The third-order valence-electron chi connectivity index (χ3n) is 3.83. The Bertz CT molecular complexity index is 490. The van der Waals surface area contributed by atoms with Gasteiger partial charge in [0.1, 0.15) is 5.71 Å². The molecule has 116 valence electrons. The first kappa shape index (κ1) is 15.4. The number of aliphatic carboxylic acids is 1. The zero-order chi connectivity index (χ0) is 15.6. The molecule has 0 aliphatic carbocycles. The average molecular weight is 297 g/mol. The van der Waals surface area contributed by atoms with Crippen molar-refractivity contribution in [3.05, 3.63) is 0 Å². The summed E-state index contributed by atoms with van der Waals surface area (Å²) < 4.78 is 5.24. The third kappa shape index (κ3) is 3.38. The number of carbonyl (C=O) groups is 3. The highest BCUT2D eigenvalue weighted by atomic mass is 16.5. The second kappa shape index (κ2) is 6.21. The van der Waals surface area contributed by atoms with Crippen LogP contribution in [0.15, 0.2) is 5.10 Å². The minimum Gasteiger partial charge on any atom is -0.481 e. The summed E-state index contributed by atoms with van der Waals surface area (Å²) in [5.41, 5.74) is 0.296. The van der Waals surface area contributed by atoms with E-state index in [-0.39, 0.29) is 37.2 Å². The number of amides is 2. The highest BCUT2D eigenvalue weighted by molar-refractivity contribution is 6.39. The fourth-order valence-corrected chi connectivity index (χ4v) is 2.68. The number of hydrogen-bond donors (Lipinski definition) is 1. The van der Waals surface area contributed by atoms with Crippen molar-refractivity contribution in [3.8, 4) is 0 Å². The van der Waals surface area contributed by atoms with Crippen molar-refractivity contribution in [3.63, 3.8) is 0 Å². The molecule has 0 aromatic heterocycles. The Balaban J connectivity index is 2.14. The van der Waals surface area contributed by atoms with E-state index in [0.717, 1.165) is 5.01 Å². The summed E-state index contributed by atoms with van der Waals surface area (Å²) in [6.07, 6.45) is 0.744. The van der Waals surface area contributed by atoms with Crippen molar-refractivity contribution in [1.82, 2.24) is 9.91 Å². The second-order valence-electron chi connectivity index (χ2n) is 5.27. The summed E-state index contributed by atoms with van der Waals surface area (Å²) in [5, 5.41) is 14.1. The molecule has 1 fully saturated rings. The lowest BCUT2D eigenvalue weighted by Crippen LogP contribution is -2.44. The number of rotatable bonds is 4. The molecule has 0 saturated carbocycles. The molecule has 0 aromatic carbocycles. The van der Waals surface area contributed by atoms with E-state index in [1.807, 2.05) is 0 Å². The molecule has 2 unspecified atom stereocenters. The summed E-state index contributed by atoms with van der Waals surface area (Å²) in [7, 11) is 3.05. The van der Waals surface area contributed by atoms with Crippen LogP contribution in [0.1, 0.15) is 25.7 Å². The van der Waals surface area contributed by atoms with Crippen LogP contribution in [0.5, 0.6) is 0 Å². The van der Waals surface area contributed by atoms with Gasteiger partial charge in [-0.15, -0.1) is 0 Å². The summed E-state index contributed by atoms with van der Waals surface area (Å²) in [4.78, 5) is 36.3. The number of carboxylic acid groups (broad SMARTS) is 1. The van der Waals surface area contributed by atoms with E-state index in [0.29, 0.717) is 18.7 Å². The standard InChI is InChI=1S/C13H19N3O5/c1-15-11(17)4-3-10(14-15)13(20)16-7-9(21-2)5-8(16)6-12(18)19/h8-9H,3-7H2,1-2H3,(H,18,19). The Morgan fingerprint density at radius 1 is 1.43 bits per heavy atom. The lowest BCUT2D eigenvalue weighted by Gasteiger charge is -2.26. The largest absolute Gasteiger partial charge is 0.481 e. The van der Waals surface area contributed by atoms with Crippen LogP contribution in [-0.2, 0) is 19.1 Å². The van der Waals surface area contributed by atoms with Crippen molar-refractivity contribution >= 4 is 23.5 Å². The maximum absolute atomic E-state index is 12.5. The number of carboxylic acids is 1. The highest BCUT2D eigenvalue weighted by Crippen LogP contribution is 2.24. The van der Waals surface area contributed by atoms with Crippen molar-refractivity contribution in [2.24, 2.45) is 5.10 Å². The summed E-state index contributed by atoms with van der Waals surface area (Å²) in [6.45, 7) is 0.351. The maximum Gasteiger partial charge on any atom is 0.305 e. The molecule has 2 rings (SSSR count). The quantitative estimate of drug-likeness (QED) is 0.767. The van der Waals surface area contributed by atoms with Gasteiger partial charge in [0, 0.05) is 39.6 Å². The molecule has 8 heteroatoms. The Morgan fingerprint density at radius 3 is 2.71 bits per heavy atom. The molecule has 2 aliphatic heterocycles. The molecule has 2 aliphatic rings. The van der Waals surface area contributed by atoms with Gasteiger partial charge in [0.05, 0.1) is 12.5 Å². The SMILES string of the molecule is COC1CC(CC(=O)O)N(C(=O)C2=NN(C)C(=O)CC2)C1. The monoisotopic (exact) mass is 297 g/mol. The number of ether oxygens (including phenoxy) is 1. The minimum absolute atomic E-state index is 0.117. The number of hydrogen-bond acceptors (Lipinski definition) is 5. The third-order valence-corrected chi connectivity index (χ3v) is 3.83. The predicted molar refractivity (Wildman–Crippen MR) is 72.6 cm³/mol. The van der Waals surface area contributed by atoms with Gasteiger partial charge in [0.15, 0.2) is 0 Å². The van der Waals surface area contributed by atoms with Gasteiger partial charge in [-0.25, -0.2) is 5.01 Å². The van der Waals surface area contributed by atoms with E-state index in [9.17, 15) is 14.4 Å². The number of carbonyl (C=O) groups excluding carboxylic acids is 2. The van der Waals surface area contributed by atoms with Gasteiger partial charge in [0.2, 0.25) is 5.91 Å². The minimum atomic E-state index is -0.951. The molecule has 0 spiro atoms. The number of likely N-dealkylation sites (tertiary alicyclic amines) is 1. The first-order chi connectivity index (χ1) is 9.92. The number of nitrogens with zero attached hydrogens (tertiary/aromatic N) is 3. The normalized spacial score (nSPS) is 26.0. The smallest absolute Gasteiger partial charge is 0.305 e. The summed E-state index contributed by atoms with van der Waals surface area (Å²) >= 11 is 0. The molecule has 21 heavy (non-hydrogen) atoms. The van der Waals surface area contributed by atoms with Crippen molar-refractivity contribution in [1.29, 1.82) is 0 Å². The van der Waals surface area contributed by atoms with E-state index >= 15 is 0 Å². The van der Waals surface area contributed by atoms with E-state index < -0.39 is 12.0 Å². The molecule has 1 saturated heterocycles. The van der Waals surface area contributed by atoms with Crippen LogP contribution >= 0.6 is 0 Å². The first-order valence-corrected chi connectivity index (χ1v) is 6.82. The summed E-state index contributed by atoms with van der Waals surface area (Å²) in [6, 6.07) is -0.398. The Hall–Kier alpha value is -1.96. The lowest BCUT2D eigenvalue weighted by atomic mass is 10.1. The predicted octanol–water partition coefficient (Wildman–Crippen LogP) is -0.315. The molecule has 8 nitrogen and oxygen atoms in total. The highest BCUT2D eigenvalue weighted by Gasteiger charge is 2.38. The van der Waals surface area contributed by atoms with Gasteiger partial charge in [0.25, 0.3) is 5.91 Å². The molecular formula is C13H19N3O5. The molecule has 1 N–H and O–H groups in total. The van der Waals surface area contributed by atoms with Gasteiger partial charge < -0.3 is 14.7 Å². The molecular weight excluding hydrogens is 278 g/mol. The van der Waals surface area contributed by atoms with Gasteiger partial charge in [-0.3, -0.25) is 14.4 Å². The van der Waals surface area contributed by atoms with Gasteiger partial charge in [-0.2, -0.15) is 5.10 Å². The fraction of sp³-hybridized carbons (Fsp3) is 0.692. The zero-order valence-corrected chi connectivity index (χ0v) is 12.1. The molecule has 2 atom stereocenters. The Morgan fingerprint density at radius 2 is 2.14 bits per heavy atom. The molecule has 2 heterocycles.